The molecule has 2 aromatic carbocycles. The first-order chi connectivity index (χ1) is 12.5. The van der Waals surface area contributed by atoms with Gasteiger partial charge in [0.15, 0.2) is 11.5 Å². The van der Waals surface area contributed by atoms with Crippen molar-refractivity contribution in [1.82, 2.24) is 5.43 Å². The van der Waals surface area contributed by atoms with Gasteiger partial charge in [0.05, 0.1) is 18.8 Å². The van der Waals surface area contributed by atoms with Crippen LogP contribution < -0.4 is 20.0 Å². The number of rotatable bonds is 8. The lowest BCUT2D eigenvalue weighted by molar-refractivity contribution is -0.307. The molecule has 0 bridgehead atoms. The fourth-order valence-corrected chi connectivity index (χ4v) is 2.18. The molecule has 0 radical (unpaired) electrons. The molecule has 0 aliphatic rings. The van der Waals surface area contributed by atoms with Crippen LogP contribution in [0.4, 0.5) is 0 Å². The topological polar surface area (TPSA) is 100 Å². The number of hydrogen-bond donors (Lipinski definition) is 1. The van der Waals surface area contributed by atoms with Crippen LogP contribution in [-0.4, -0.2) is 31.3 Å². The highest BCUT2D eigenvalue weighted by molar-refractivity contribution is 5.96. The van der Waals surface area contributed by atoms with Crippen molar-refractivity contribution in [2.75, 3.05) is 13.2 Å². The second-order valence-corrected chi connectivity index (χ2v) is 5.31. The van der Waals surface area contributed by atoms with E-state index in [2.05, 4.69) is 10.5 Å². The average molecular weight is 355 g/mol. The first kappa shape index (κ1) is 19.0. The van der Waals surface area contributed by atoms with Crippen LogP contribution in [0.5, 0.6) is 11.5 Å². The molecule has 0 aromatic heterocycles. The molecule has 0 atom stereocenters. The summed E-state index contributed by atoms with van der Waals surface area (Å²) >= 11 is 0. The Bertz CT molecular complexity index is 817. The Kier molecular flexibility index (Phi) is 6.73. The van der Waals surface area contributed by atoms with E-state index in [1.165, 1.54) is 6.21 Å². The summed E-state index contributed by atoms with van der Waals surface area (Å²) in [6, 6.07) is 12.1. The van der Waals surface area contributed by atoms with Gasteiger partial charge in [0.25, 0.3) is 5.91 Å². The van der Waals surface area contributed by atoms with Gasteiger partial charge in [0.1, 0.15) is 6.61 Å². The third kappa shape index (κ3) is 5.34. The Labute approximate surface area is 151 Å². The molecule has 136 valence electrons. The fraction of sp³-hybridized carbons (Fsp3) is 0.211. The van der Waals surface area contributed by atoms with E-state index in [-0.39, 0.29) is 11.7 Å². The summed E-state index contributed by atoms with van der Waals surface area (Å²) in [5, 5.41) is 14.5. The lowest BCUT2D eigenvalue weighted by atomic mass is 10.1. The molecule has 1 N–H and O–H groups in total. The van der Waals surface area contributed by atoms with Crippen molar-refractivity contribution in [3.63, 3.8) is 0 Å². The molecular weight excluding hydrogens is 336 g/mol. The van der Waals surface area contributed by atoms with Crippen molar-refractivity contribution in [1.29, 1.82) is 0 Å². The number of carbonyl (C=O) groups excluding carboxylic acids is 2. The zero-order valence-electron chi connectivity index (χ0n) is 14.5. The smallest absolute Gasteiger partial charge is 0.271 e. The van der Waals surface area contributed by atoms with Gasteiger partial charge in [-0.3, -0.25) is 4.79 Å². The number of hydrogen-bond acceptors (Lipinski definition) is 6. The Hall–Kier alpha value is -3.35. The van der Waals surface area contributed by atoms with E-state index in [1.807, 2.05) is 19.1 Å². The number of aliphatic carboxylic acids is 1. The monoisotopic (exact) mass is 355 g/mol. The molecule has 0 heterocycles. The lowest BCUT2D eigenvalue weighted by Crippen LogP contribution is -2.29. The number of carbonyl (C=O) groups is 2. The molecular formula is C19H19N2O5-. The maximum absolute atomic E-state index is 12.1. The van der Waals surface area contributed by atoms with Gasteiger partial charge in [-0.25, -0.2) is 5.43 Å². The number of nitrogens with zero attached hydrogens (tertiary/aromatic N) is 1. The van der Waals surface area contributed by atoms with Crippen LogP contribution in [0.25, 0.3) is 0 Å². The highest BCUT2D eigenvalue weighted by Crippen LogP contribution is 2.28. The SMILES string of the molecule is CCOc1cc(/C=N\NC(=O)c2ccccc2C)ccc1OCC(=O)[O-]. The molecule has 0 aliphatic heterocycles. The van der Waals surface area contributed by atoms with Gasteiger partial charge >= 0.3 is 0 Å². The van der Waals surface area contributed by atoms with Crippen molar-refractivity contribution in [2.45, 2.75) is 13.8 Å². The van der Waals surface area contributed by atoms with E-state index in [0.29, 0.717) is 23.5 Å². The predicted octanol–water partition coefficient (Wildman–Crippen LogP) is 1.29. The Morgan fingerprint density at radius 1 is 1.15 bits per heavy atom. The van der Waals surface area contributed by atoms with Gasteiger partial charge in [-0.2, -0.15) is 5.10 Å². The number of carboxylic acids is 1. The van der Waals surface area contributed by atoms with Crippen LogP contribution >= 0.6 is 0 Å². The van der Waals surface area contributed by atoms with Gasteiger partial charge in [-0.1, -0.05) is 18.2 Å². The molecule has 2 aromatic rings. The molecule has 2 rings (SSSR count). The largest absolute Gasteiger partial charge is 0.546 e. The van der Waals surface area contributed by atoms with Crippen LogP contribution in [-0.2, 0) is 4.79 Å². The number of ether oxygens (including phenoxy) is 2. The Morgan fingerprint density at radius 3 is 2.62 bits per heavy atom. The van der Waals surface area contributed by atoms with E-state index >= 15 is 0 Å². The maximum atomic E-state index is 12.1. The van der Waals surface area contributed by atoms with Gasteiger partial charge in [-0.05, 0) is 49.2 Å². The average Bonchev–Trinajstić information content (AvgIpc) is 2.61. The molecule has 7 heteroatoms. The van der Waals surface area contributed by atoms with Crippen molar-refractivity contribution in [2.24, 2.45) is 5.10 Å². The summed E-state index contributed by atoms with van der Waals surface area (Å²) in [5.74, 6) is -0.963. The minimum absolute atomic E-state index is 0.289. The van der Waals surface area contributed by atoms with Crippen LogP contribution in [0.15, 0.2) is 47.6 Å². The molecule has 0 aliphatic carbocycles. The maximum Gasteiger partial charge on any atom is 0.271 e. The summed E-state index contributed by atoms with van der Waals surface area (Å²) in [6.45, 7) is 3.45. The second kappa shape index (κ2) is 9.22. The minimum Gasteiger partial charge on any atom is -0.546 e. The third-order valence-corrected chi connectivity index (χ3v) is 3.38. The molecule has 0 unspecified atom stereocenters. The highest BCUT2D eigenvalue weighted by Gasteiger charge is 2.08. The summed E-state index contributed by atoms with van der Waals surface area (Å²) in [7, 11) is 0. The molecule has 0 saturated heterocycles. The van der Waals surface area contributed by atoms with Crippen LogP contribution in [0, 0.1) is 6.92 Å². The number of nitrogens with one attached hydrogen (secondary N) is 1. The zero-order valence-corrected chi connectivity index (χ0v) is 14.5. The Morgan fingerprint density at radius 2 is 1.92 bits per heavy atom. The molecule has 0 saturated carbocycles. The van der Waals surface area contributed by atoms with Gasteiger partial charge < -0.3 is 19.4 Å². The second-order valence-electron chi connectivity index (χ2n) is 5.31. The van der Waals surface area contributed by atoms with Crippen molar-refractivity contribution < 1.29 is 24.2 Å². The standard InChI is InChI=1S/C19H20N2O5/c1-3-25-17-10-14(8-9-16(17)26-12-18(22)23)11-20-21-19(24)15-7-5-4-6-13(15)2/h4-11H,3,12H2,1-2H3,(H,21,24)(H,22,23)/p-1/b20-11-. The summed E-state index contributed by atoms with van der Waals surface area (Å²) in [4.78, 5) is 22.6. The first-order valence-corrected chi connectivity index (χ1v) is 7.99. The molecule has 0 fully saturated rings. The predicted molar refractivity (Wildman–Crippen MR) is 94.4 cm³/mol. The number of hydrazone groups is 1. The van der Waals surface area contributed by atoms with E-state index < -0.39 is 12.6 Å². The van der Waals surface area contributed by atoms with Gasteiger partial charge in [0, 0.05) is 5.56 Å². The van der Waals surface area contributed by atoms with Gasteiger partial charge in [-0.15, -0.1) is 0 Å². The summed E-state index contributed by atoms with van der Waals surface area (Å²) < 4.78 is 10.6. The Balaban J connectivity index is 2.07. The van der Waals surface area contributed by atoms with Crippen LogP contribution in [0.2, 0.25) is 0 Å². The van der Waals surface area contributed by atoms with E-state index in [9.17, 15) is 14.7 Å². The number of carboxylic acid groups (broad SMARTS) is 1. The van der Waals surface area contributed by atoms with E-state index in [0.717, 1.165) is 5.56 Å². The minimum atomic E-state index is -1.32. The zero-order chi connectivity index (χ0) is 18.9. The summed E-state index contributed by atoms with van der Waals surface area (Å²) in [6.07, 6.45) is 1.46. The molecule has 7 nitrogen and oxygen atoms in total. The molecule has 26 heavy (non-hydrogen) atoms. The van der Waals surface area contributed by atoms with Crippen molar-refractivity contribution in [3.8, 4) is 11.5 Å². The van der Waals surface area contributed by atoms with E-state index in [1.54, 1.807) is 37.3 Å². The lowest BCUT2D eigenvalue weighted by Gasteiger charge is -2.12. The van der Waals surface area contributed by atoms with Crippen molar-refractivity contribution >= 4 is 18.1 Å². The number of benzene rings is 2. The normalized spacial score (nSPS) is 10.5. The first-order valence-electron chi connectivity index (χ1n) is 7.99. The van der Waals surface area contributed by atoms with Crippen LogP contribution in [0.3, 0.4) is 0 Å². The molecule has 0 spiro atoms. The number of aryl methyl sites for hydroxylation is 1. The quantitative estimate of drug-likeness (QED) is 0.568. The van der Waals surface area contributed by atoms with Gasteiger partial charge in [0.2, 0.25) is 0 Å². The highest BCUT2D eigenvalue weighted by atomic mass is 16.5. The van der Waals surface area contributed by atoms with E-state index in [4.69, 9.17) is 9.47 Å². The number of amides is 1. The van der Waals surface area contributed by atoms with Crippen LogP contribution in [0.1, 0.15) is 28.4 Å². The fourth-order valence-electron chi connectivity index (χ4n) is 2.18. The summed E-state index contributed by atoms with van der Waals surface area (Å²) in [5.41, 5.74) is 4.52. The molecule has 1 amide bonds. The van der Waals surface area contributed by atoms with Crippen molar-refractivity contribution in [3.05, 3.63) is 59.2 Å². The third-order valence-electron chi connectivity index (χ3n) is 3.38.